The smallest absolute Gasteiger partial charge is 0.240 e. The van der Waals surface area contributed by atoms with Crippen molar-refractivity contribution >= 4 is 26.0 Å². The van der Waals surface area contributed by atoms with Crippen LogP contribution in [0.4, 0.5) is 0 Å². The molecule has 0 unspecified atom stereocenters. The highest BCUT2D eigenvalue weighted by molar-refractivity contribution is 9.08. The molecule has 1 saturated carbocycles. The lowest BCUT2D eigenvalue weighted by Gasteiger charge is -2.13. The third-order valence-corrected chi connectivity index (χ3v) is 5.38. The largest absolute Gasteiger partial charge is 0.396 e. The molecule has 6 heteroatoms. The molecule has 1 aromatic rings. The number of benzene rings is 1. The molecule has 1 aliphatic carbocycles. The van der Waals surface area contributed by atoms with E-state index in [1.807, 2.05) is 0 Å². The fourth-order valence-electron chi connectivity index (χ4n) is 1.66. The lowest BCUT2D eigenvalue weighted by atomic mass is 10.1. The van der Waals surface area contributed by atoms with Crippen LogP contribution >= 0.6 is 15.9 Å². The Morgan fingerprint density at radius 2 is 1.89 bits per heavy atom. The van der Waals surface area contributed by atoms with Gasteiger partial charge in [-0.2, -0.15) is 0 Å². The summed E-state index contributed by atoms with van der Waals surface area (Å²) in [5, 5.41) is 9.85. The van der Waals surface area contributed by atoms with Gasteiger partial charge in [-0.15, -0.1) is 0 Å². The first-order valence-corrected chi connectivity index (χ1v) is 8.37. The van der Waals surface area contributed by atoms with E-state index >= 15 is 0 Å². The second-order valence-electron chi connectivity index (χ2n) is 4.76. The van der Waals surface area contributed by atoms with Crippen molar-refractivity contribution in [1.82, 2.24) is 4.72 Å². The van der Waals surface area contributed by atoms with Crippen molar-refractivity contribution in [2.45, 2.75) is 23.1 Å². The van der Waals surface area contributed by atoms with Gasteiger partial charge in [-0.05, 0) is 30.5 Å². The highest BCUT2D eigenvalue weighted by Gasteiger charge is 2.42. The molecule has 0 saturated heterocycles. The van der Waals surface area contributed by atoms with Gasteiger partial charge in [0, 0.05) is 23.9 Å². The number of rotatable bonds is 6. The summed E-state index contributed by atoms with van der Waals surface area (Å²) in [5.74, 6) is 0. The van der Waals surface area contributed by atoms with Crippen LogP contribution in [0.25, 0.3) is 0 Å². The third-order valence-electron chi connectivity index (χ3n) is 3.32. The van der Waals surface area contributed by atoms with E-state index in [1.165, 1.54) is 0 Å². The molecule has 0 heterocycles. The summed E-state index contributed by atoms with van der Waals surface area (Å²) in [6.45, 7) is 0.351. The Kier molecular flexibility index (Phi) is 4.11. The molecule has 100 valence electrons. The predicted octanol–water partition coefficient (Wildman–Crippen LogP) is 1.63. The Bertz CT molecular complexity index is 509. The summed E-state index contributed by atoms with van der Waals surface area (Å²) < 4.78 is 26.6. The molecule has 0 aliphatic heterocycles. The molecule has 0 bridgehead atoms. The van der Waals surface area contributed by atoms with Crippen molar-refractivity contribution in [3.63, 3.8) is 0 Å². The second-order valence-corrected chi connectivity index (χ2v) is 7.09. The van der Waals surface area contributed by atoms with Crippen LogP contribution in [0.2, 0.25) is 0 Å². The standard InChI is InChI=1S/C12H16BrNO3S/c13-7-10-1-3-11(4-2-10)18(16,17)14-8-12(9-15)5-6-12/h1-4,14-15H,5-9H2. The normalized spacial score (nSPS) is 17.7. The zero-order valence-corrected chi connectivity index (χ0v) is 12.3. The molecule has 0 radical (unpaired) electrons. The van der Waals surface area contributed by atoms with Crippen LogP contribution < -0.4 is 4.72 Å². The number of sulfonamides is 1. The fourth-order valence-corrected chi connectivity index (χ4v) is 3.19. The van der Waals surface area contributed by atoms with E-state index in [-0.39, 0.29) is 16.9 Å². The first kappa shape index (κ1) is 14.0. The average molecular weight is 334 g/mol. The molecule has 0 spiro atoms. The fraction of sp³-hybridized carbons (Fsp3) is 0.500. The van der Waals surface area contributed by atoms with Crippen LogP contribution in [0.15, 0.2) is 29.2 Å². The Hall–Kier alpha value is -0.430. The highest BCUT2D eigenvalue weighted by Crippen LogP contribution is 2.44. The molecule has 1 aliphatic rings. The van der Waals surface area contributed by atoms with Gasteiger partial charge in [0.25, 0.3) is 0 Å². The van der Waals surface area contributed by atoms with Crippen LogP contribution in [-0.2, 0) is 15.4 Å². The number of halogens is 1. The lowest BCUT2D eigenvalue weighted by molar-refractivity contribution is 0.213. The molecule has 1 aromatic carbocycles. The van der Waals surface area contributed by atoms with E-state index in [4.69, 9.17) is 5.11 Å². The van der Waals surface area contributed by atoms with Gasteiger partial charge in [-0.3, -0.25) is 0 Å². The highest BCUT2D eigenvalue weighted by atomic mass is 79.9. The number of hydrogen-bond donors (Lipinski definition) is 2. The predicted molar refractivity (Wildman–Crippen MR) is 73.0 cm³/mol. The number of aliphatic hydroxyl groups excluding tert-OH is 1. The van der Waals surface area contributed by atoms with Crippen molar-refractivity contribution in [2.24, 2.45) is 5.41 Å². The molecule has 4 nitrogen and oxygen atoms in total. The van der Waals surface area contributed by atoms with E-state index < -0.39 is 10.0 Å². The van der Waals surface area contributed by atoms with Crippen molar-refractivity contribution in [3.8, 4) is 0 Å². The zero-order valence-electron chi connectivity index (χ0n) is 9.89. The summed E-state index contributed by atoms with van der Waals surface area (Å²) in [7, 11) is -3.46. The first-order chi connectivity index (χ1) is 8.51. The molecular weight excluding hydrogens is 318 g/mol. The topological polar surface area (TPSA) is 66.4 Å². The summed E-state index contributed by atoms with van der Waals surface area (Å²) >= 11 is 3.31. The third kappa shape index (κ3) is 3.12. The van der Waals surface area contributed by atoms with Crippen LogP contribution in [0.5, 0.6) is 0 Å². The molecule has 2 rings (SSSR count). The minimum absolute atomic E-state index is 0.0397. The molecule has 0 amide bonds. The monoisotopic (exact) mass is 333 g/mol. The quantitative estimate of drug-likeness (QED) is 0.777. The molecule has 0 atom stereocenters. The van der Waals surface area contributed by atoms with Crippen LogP contribution in [0, 0.1) is 5.41 Å². The van der Waals surface area contributed by atoms with Gasteiger partial charge in [0.1, 0.15) is 0 Å². The molecule has 1 fully saturated rings. The maximum atomic E-state index is 12.0. The second kappa shape index (κ2) is 5.28. The minimum Gasteiger partial charge on any atom is -0.396 e. The van der Waals surface area contributed by atoms with Crippen LogP contribution in [-0.4, -0.2) is 26.7 Å². The van der Waals surface area contributed by atoms with E-state index in [2.05, 4.69) is 20.7 Å². The molecule has 0 aromatic heterocycles. The van der Waals surface area contributed by atoms with E-state index in [9.17, 15) is 8.42 Å². The number of alkyl halides is 1. The Morgan fingerprint density at radius 3 is 2.33 bits per heavy atom. The maximum Gasteiger partial charge on any atom is 0.240 e. The summed E-state index contributed by atoms with van der Waals surface area (Å²) in [4.78, 5) is 0.265. The van der Waals surface area contributed by atoms with E-state index in [0.29, 0.717) is 11.9 Å². The van der Waals surface area contributed by atoms with Crippen molar-refractivity contribution in [1.29, 1.82) is 0 Å². The first-order valence-electron chi connectivity index (χ1n) is 5.77. The maximum absolute atomic E-state index is 12.0. The zero-order chi connectivity index (χ0) is 13.2. The number of aliphatic hydroxyl groups is 1. The van der Waals surface area contributed by atoms with E-state index in [0.717, 1.165) is 18.4 Å². The van der Waals surface area contributed by atoms with Gasteiger partial charge in [0.15, 0.2) is 0 Å². The van der Waals surface area contributed by atoms with Crippen LogP contribution in [0.3, 0.4) is 0 Å². The summed E-state index contributed by atoms with van der Waals surface area (Å²) in [6.07, 6.45) is 1.77. The number of hydrogen-bond acceptors (Lipinski definition) is 3. The SMILES string of the molecule is O=S(=O)(NCC1(CO)CC1)c1ccc(CBr)cc1. The van der Waals surface area contributed by atoms with Gasteiger partial charge < -0.3 is 5.11 Å². The van der Waals surface area contributed by atoms with Gasteiger partial charge >= 0.3 is 0 Å². The van der Waals surface area contributed by atoms with Gasteiger partial charge in [-0.1, -0.05) is 28.1 Å². The molecule has 18 heavy (non-hydrogen) atoms. The lowest BCUT2D eigenvalue weighted by Crippen LogP contribution is -2.31. The summed E-state index contributed by atoms with van der Waals surface area (Å²) in [6, 6.07) is 6.75. The van der Waals surface area contributed by atoms with Crippen molar-refractivity contribution in [2.75, 3.05) is 13.2 Å². The minimum atomic E-state index is -3.46. The van der Waals surface area contributed by atoms with Crippen molar-refractivity contribution in [3.05, 3.63) is 29.8 Å². The van der Waals surface area contributed by atoms with E-state index in [1.54, 1.807) is 24.3 Å². The molecular formula is C12H16BrNO3S. The van der Waals surface area contributed by atoms with Gasteiger partial charge in [0.2, 0.25) is 10.0 Å². The Balaban J connectivity index is 2.05. The number of nitrogens with one attached hydrogen (secondary N) is 1. The Morgan fingerprint density at radius 1 is 1.28 bits per heavy atom. The Labute approximate surface area is 116 Å². The average Bonchev–Trinajstić information content (AvgIpc) is 3.17. The van der Waals surface area contributed by atoms with Gasteiger partial charge in [0.05, 0.1) is 4.90 Å². The molecule has 2 N–H and O–H groups in total. The van der Waals surface area contributed by atoms with Crippen molar-refractivity contribution < 1.29 is 13.5 Å². The summed E-state index contributed by atoms with van der Waals surface area (Å²) in [5.41, 5.74) is 0.811. The van der Waals surface area contributed by atoms with Gasteiger partial charge in [-0.25, -0.2) is 13.1 Å². The van der Waals surface area contributed by atoms with Crippen LogP contribution in [0.1, 0.15) is 18.4 Å².